The van der Waals surface area contributed by atoms with Gasteiger partial charge < -0.3 is 4.74 Å². The fourth-order valence-electron chi connectivity index (χ4n) is 1.44. The molecule has 1 aromatic rings. The van der Waals surface area contributed by atoms with Gasteiger partial charge in [0.2, 0.25) is 0 Å². The number of hydrogen-bond donors (Lipinski definition) is 0. The molecule has 0 heterocycles. The molecule has 16 heavy (non-hydrogen) atoms. The fourth-order valence-corrected chi connectivity index (χ4v) is 1.44. The largest absolute Gasteiger partial charge is 0.465 e. The predicted octanol–water partition coefficient (Wildman–Crippen LogP) is 1.72. The summed E-state index contributed by atoms with van der Waals surface area (Å²) in [6.07, 6.45) is 1.17. The van der Waals surface area contributed by atoms with E-state index in [4.69, 9.17) is 5.26 Å². The van der Waals surface area contributed by atoms with Gasteiger partial charge in [0.15, 0.2) is 6.29 Å². The Morgan fingerprint density at radius 1 is 1.56 bits per heavy atom. The molecule has 0 fully saturated rings. The first kappa shape index (κ1) is 11.9. The topological polar surface area (TPSA) is 67.2 Å². The molecule has 0 aromatic heterocycles. The zero-order valence-corrected chi connectivity index (χ0v) is 9.11. The van der Waals surface area contributed by atoms with E-state index in [0.717, 1.165) is 5.56 Å². The van der Waals surface area contributed by atoms with Crippen LogP contribution in [0.3, 0.4) is 0 Å². The minimum absolute atomic E-state index is 0.181. The predicted molar refractivity (Wildman–Crippen MR) is 57.3 cm³/mol. The van der Waals surface area contributed by atoms with Crippen LogP contribution in [0.4, 0.5) is 0 Å². The average molecular weight is 217 g/mol. The summed E-state index contributed by atoms with van der Waals surface area (Å²) in [4.78, 5) is 22.2. The van der Waals surface area contributed by atoms with Crippen LogP contribution in [0.25, 0.3) is 0 Å². The van der Waals surface area contributed by atoms with Gasteiger partial charge >= 0.3 is 5.97 Å². The molecule has 0 spiro atoms. The van der Waals surface area contributed by atoms with Crippen LogP contribution in [0.2, 0.25) is 0 Å². The summed E-state index contributed by atoms with van der Waals surface area (Å²) >= 11 is 0. The first-order valence-electron chi connectivity index (χ1n) is 4.78. The first-order valence-corrected chi connectivity index (χ1v) is 4.78. The summed E-state index contributed by atoms with van der Waals surface area (Å²) in [5, 5.41) is 8.87. The second-order valence-corrected chi connectivity index (χ2v) is 3.17. The molecule has 1 rings (SSSR count). The van der Waals surface area contributed by atoms with Gasteiger partial charge in [-0.2, -0.15) is 5.26 Å². The van der Waals surface area contributed by atoms with Gasteiger partial charge in [-0.25, -0.2) is 4.79 Å². The van der Waals surface area contributed by atoms with Crippen molar-refractivity contribution in [3.05, 3.63) is 34.4 Å². The summed E-state index contributed by atoms with van der Waals surface area (Å²) in [6, 6.07) is 4.94. The van der Waals surface area contributed by atoms with E-state index in [1.165, 1.54) is 19.2 Å². The molecule has 0 aliphatic carbocycles. The van der Waals surface area contributed by atoms with Crippen LogP contribution in [0, 0.1) is 11.3 Å². The van der Waals surface area contributed by atoms with Gasteiger partial charge in [0, 0.05) is 5.56 Å². The molecular formula is C12H11NO3. The van der Waals surface area contributed by atoms with Crippen LogP contribution >= 0.6 is 0 Å². The molecule has 0 atom stereocenters. The highest BCUT2D eigenvalue weighted by Crippen LogP contribution is 2.17. The Bertz CT molecular complexity index is 472. The molecule has 0 saturated heterocycles. The van der Waals surface area contributed by atoms with Crippen LogP contribution in [0.1, 0.15) is 38.8 Å². The number of hydrogen-bond acceptors (Lipinski definition) is 4. The molecular weight excluding hydrogens is 206 g/mol. The number of ether oxygens (including phenoxy) is 1. The summed E-state index contributed by atoms with van der Waals surface area (Å²) in [7, 11) is 1.25. The third-order valence-corrected chi connectivity index (χ3v) is 2.31. The van der Waals surface area contributed by atoms with Crippen molar-refractivity contribution < 1.29 is 14.3 Å². The van der Waals surface area contributed by atoms with Crippen molar-refractivity contribution in [3.8, 4) is 6.07 Å². The van der Waals surface area contributed by atoms with Crippen molar-refractivity contribution in [2.24, 2.45) is 0 Å². The normalized spacial score (nSPS) is 9.31. The number of nitriles is 1. The molecule has 4 heteroatoms. The van der Waals surface area contributed by atoms with Gasteiger partial charge in [0.25, 0.3) is 0 Å². The van der Waals surface area contributed by atoms with E-state index < -0.39 is 5.97 Å². The van der Waals surface area contributed by atoms with Gasteiger partial charge in [-0.3, -0.25) is 4.79 Å². The van der Waals surface area contributed by atoms with Gasteiger partial charge in [-0.15, -0.1) is 0 Å². The maximum Gasteiger partial charge on any atom is 0.338 e. The highest BCUT2D eigenvalue weighted by molar-refractivity contribution is 5.98. The molecule has 0 aliphatic heterocycles. The maximum atomic E-state index is 11.4. The molecule has 0 saturated carbocycles. The van der Waals surface area contributed by atoms with Crippen molar-refractivity contribution in [2.45, 2.75) is 13.3 Å². The SMILES string of the molecule is CCc1cc(C(=O)OC)c(C=O)cc1C#N. The molecule has 0 bridgehead atoms. The summed E-state index contributed by atoms with van der Waals surface area (Å²) in [5.74, 6) is -0.568. The van der Waals surface area contributed by atoms with Gasteiger partial charge in [0.05, 0.1) is 24.3 Å². The lowest BCUT2D eigenvalue weighted by Crippen LogP contribution is -2.07. The number of benzene rings is 1. The summed E-state index contributed by atoms with van der Waals surface area (Å²) in [6.45, 7) is 1.87. The van der Waals surface area contributed by atoms with E-state index in [9.17, 15) is 9.59 Å². The third-order valence-electron chi connectivity index (χ3n) is 2.31. The Balaban J connectivity index is 3.44. The standard InChI is InChI=1S/C12H11NO3/c1-3-8-5-11(12(15)16-2)10(7-14)4-9(8)6-13/h4-5,7H,3H2,1-2H3. The lowest BCUT2D eigenvalue weighted by atomic mass is 9.98. The molecule has 0 aliphatic rings. The number of aryl methyl sites for hydroxylation is 1. The zero-order chi connectivity index (χ0) is 12.1. The number of carbonyl (C=O) groups excluding carboxylic acids is 2. The summed E-state index contributed by atoms with van der Waals surface area (Å²) in [5.41, 5.74) is 1.53. The Morgan fingerprint density at radius 3 is 2.69 bits per heavy atom. The van der Waals surface area contributed by atoms with Crippen molar-refractivity contribution in [1.82, 2.24) is 0 Å². The minimum atomic E-state index is -0.568. The Labute approximate surface area is 93.5 Å². The smallest absolute Gasteiger partial charge is 0.338 e. The lowest BCUT2D eigenvalue weighted by Gasteiger charge is -2.07. The van der Waals surface area contributed by atoms with Crippen molar-refractivity contribution in [1.29, 1.82) is 5.26 Å². The zero-order valence-electron chi connectivity index (χ0n) is 9.11. The first-order chi connectivity index (χ1) is 7.67. The number of methoxy groups -OCH3 is 1. The number of nitrogens with zero attached hydrogens (tertiary/aromatic N) is 1. The molecule has 1 aromatic carbocycles. The van der Waals surface area contributed by atoms with Gasteiger partial charge in [0.1, 0.15) is 0 Å². The lowest BCUT2D eigenvalue weighted by molar-refractivity contribution is 0.0598. The maximum absolute atomic E-state index is 11.4. The Hall–Kier alpha value is -2.15. The van der Waals surface area contributed by atoms with E-state index in [2.05, 4.69) is 4.74 Å². The van der Waals surface area contributed by atoms with Crippen molar-refractivity contribution >= 4 is 12.3 Å². The number of carbonyl (C=O) groups is 2. The molecule has 0 amide bonds. The van der Waals surface area contributed by atoms with Crippen LogP contribution in [0.15, 0.2) is 12.1 Å². The Kier molecular flexibility index (Phi) is 3.78. The second kappa shape index (κ2) is 5.08. The molecule has 0 radical (unpaired) electrons. The van der Waals surface area contributed by atoms with Gasteiger partial charge in [-0.1, -0.05) is 6.92 Å². The Morgan fingerprint density at radius 2 is 2.25 bits per heavy atom. The van der Waals surface area contributed by atoms with E-state index >= 15 is 0 Å². The van der Waals surface area contributed by atoms with Gasteiger partial charge in [-0.05, 0) is 24.1 Å². The van der Waals surface area contributed by atoms with E-state index in [1.807, 2.05) is 13.0 Å². The second-order valence-electron chi connectivity index (χ2n) is 3.17. The van der Waals surface area contributed by atoms with E-state index in [0.29, 0.717) is 18.3 Å². The van der Waals surface area contributed by atoms with E-state index in [1.54, 1.807) is 0 Å². The van der Waals surface area contributed by atoms with E-state index in [-0.39, 0.29) is 11.1 Å². The average Bonchev–Trinajstić information content (AvgIpc) is 2.35. The number of esters is 1. The number of rotatable bonds is 3. The van der Waals surface area contributed by atoms with Crippen LogP contribution in [-0.4, -0.2) is 19.4 Å². The molecule has 82 valence electrons. The fraction of sp³-hybridized carbons (Fsp3) is 0.250. The summed E-state index contributed by atoms with van der Waals surface area (Å²) < 4.78 is 4.57. The van der Waals surface area contributed by atoms with Crippen LogP contribution < -0.4 is 0 Å². The third kappa shape index (κ3) is 2.09. The van der Waals surface area contributed by atoms with Crippen LogP contribution in [-0.2, 0) is 11.2 Å². The quantitative estimate of drug-likeness (QED) is 0.571. The highest BCUT2D eigenvalue weighted by Gasteiger charge is 2.14. The molecule has 0 N–H and O–H groups in total. The number of aldehydes is 1. The molecule has 4 nitrogen and oxygen atoms in total. The van der Waals surface area contributed by atoms with Crippen LogP contribution in [0.5, 0.6) is 0 Å². The molecule has 0 unspecified atom stereocenters. The highest BCUT2D eigenvalue weighted by atomic mass is 16.5. The monoisotopic (exact) mass is 217 g/mol. The minimum Gasteiger partial charge on any atom is -0.465 e. The van der Waals surface area contributed by atoms with Crippen molar-refractivity contribution in [2.75, 3.05) is 7.11 Å². The van der Waals surface area contributed by atoms with Crippen molar-refractivity contribution in [3.63, 3.8) is 0 Å².